The molecule has 0 aliphatic carbocycles. The normalized spacial score (nSPS) is 14.7. The van der Waals surface area contributed by atoms with Crippen LogP contribution in [0.2, 0.25) is 0 Å². The van der Waals surface area contributed by atoms with Gasteiger partial charge in [-0.1, -0.05) is 78.5 Å². The molecule has 0 unspecified atom stereocenters. The summed E-state index contributed by atoms with van der Waals surface area (Å²) in [5.41, 5.74) is 4.43. The highest BCUT2D eigenvalue weighted by atomic mass is 32.2. The SMILES string of the molecule is O=C(NN1C(=O)/C(=C/c2ccccc2OCc2cccc3ccccc23)SC1=S)c1cccs1. The van der Waals surface area contributed by atoms with Gasteiger partial charge in [-0.25, -0.2) is 0 Å². The van der Waals surface area contributed by atoms with Gasteiger partial charge >= 0.3 is 0 Å². The molecule has 0 spiro atoms. The van der Waals surface area contributed by atoms with Gasteiger partial charge in [0, 0.05) is 5.56 Å². The van der Waals surface area contributed by atoms with E-state index in [0.29, 0.717) is 22.1 Å². The molecule has 2 amide bonds. The number of para-hydroxylation sites is 1. The van der Waals surface area contributed by atoms with Crippen molar-refractivity contribution in [1.29, 1.82) is 0 Å². The molecular formula is C26H18N2O3S3. The number of amides is 2. The number of nitrogens with one attached hydrogen (secondary N) is 1. The fourth-order valence-electron chi connectivity index (χ4n) is 3.57. The van der Waals surface area contributed by atoms with E-state index in [9.17, 15) is 9.59 Å². The van der Waals surface area contributed by atoms with Crippen molar-refractivity contribution in [2.24, 2.45) is 0 Å². The van der Waals surface area contributed by atoms with Crippen LogP contribution in [0, 0.1) is 0 Å². The number of thioether (sulfide) groups is 1. The monoisotopic (exact) mass is 502 g/mol. The van der Waals surface area contributed by atoms with Crippen molar-refractivity contribution >= 4 is 68.3 Å². The van der Waals surface area contributed by atoms with Crippen molar-refractivity contribution in [2.45, 2.75) is 6.61 Å². The second kappa shape index (κ2) is 9.80. The Morgan fingerprint density at radius 3 is 2.65 bits per heavy atom. The number of thiophene rings is 1. The number of benzene rings is 3. The van der Waals surface area contributed by atoms with Gasteiger partial charge in [0.25, 0.3) is 11.8 Å². The maximum atomic E-state index is 13.0. The first kappa shape index (κ1) is 22.3. The van der Waals surface area contributed by atoms with Gasteiger partial charge in [-0.3, -0.25) is 15.0 Å². The Morgan fingerprint density at radius 2 is 1.79 bits per heavy atom. The number of hydrogen-bond donors (Lipinski definition) is 1. The summed E-state index contributed by atoms with van der Waals surface area (Å²) < 4.78 is 6.44. The standard InChI is InChI=1S/C26H18N2O3S3/c29-24(22-13-6-14-33-22)27-28-25(30)23(34-26(28)32)15-18-8-2-4-12-21(18)31-16-19-10-5-9-17-7-1-3-11-20(17)19/h1-15H,16H2,(H,27,29)/b23-15-. The summed E-state index contributed by atoms with van der Waals surface area (Å²) in [6, 6.07) is 25.3. The molecule has 1 aliphatic rings. The number of hydrogen-bond acceptors (Lipinski definition) is 6. The third kappa shape index (κ3) is 4.61. The second-order valence-corrected chi connectivity index (χ2v) is 10.0. The van der Waals surface area contributed by atoms with Gasteiger partial charge in [-0.15, -0.1) is 11.3 Å². The molecule has 0 radical (unpaired) electrons. The number of carbonyl (C=O) groups is 2. The minimum absolute atomic E-state index is 0.273. The zero-order valence-electron chi connectivity index (χ0n) is 17.8. The summed E-state index contributed by atoms with van der Waals surface area (Å²) in [6.07, 6.45) is 1.75. The Balaban J connectivity index is 1.35. The van der Waals surface area contributed by atoms with Gasteiger partial charge < -0.3 is 4.74 Å². The first-order valence-electron chi connectivity index (χ1n) is 10.4. The molecule has 0 atom stereocenters. The second-order valence-electron chi connectivity index (χ2n) is 7.40. The Morgan fingerprint density at radius 1 is 1.00 bits per heavy atom. The minimum atomic E-state index is -0.372. The molecule has 0 saturated carbocycles. The predicted octanol–water partition coefficient (Wildman–Crippen LogP) is 6.03. The first-order chi connectivity index (χ1) is 16.6. The van der Waals surface area contributed by atoms with Crippen molar-refractivity contribution in [3.05, 3.63) is 105 Å². The Bertz CT molecular complexity index is 1430. The molecular weight excluding hydrogens is 484 g/mol. The third-order valence-electron chi connectivity index (χ3n) is 5.22. The molecule has 5 rings (SSSR count). The van der Waals surface area contributed by atoms with E-state index < -0.39 is 0 Å². The van der Waals surface area contributed by atoms with Crippen LogP contribution in [0.25, 0.3) is 16.8 Å². The van der Waals surface area contributed by atoms with Gasteiger partial charge in [0.15, 0.2) is 4.32 Å². The molecule has 1 aromatic heterocycles. The number of ether oxygens (including phenoxy) is 1. The van der Waals surface area contributed by atoms with Crippen molar-refractivity contribution in [2.75, 3.05) is 0 Å². The Kier molecular flexibility index (Phi) is 6.44. The highest BCUT2D eigenvalue weighted by molar-refractivity contribution is 8.26. The average Bonchev–Trinajstić information content (AvgIpc) is 3.49. The lowest BCUT2D eigenvalue weighted by atomic mass is 10.1. The third-order valence-corrected chi connectivity index (χ3v) is 7.39. The Labute approximate surface area is 210 Å². The molecule has 8 heteroatoms. The summed E-state index contributed by atoms with van der Waals surface area (Å²) in [6.45, 7) is 0.393. The molecule has 4 aromatic rings. The maximum absolute atomic E-state index is 13.0. The zero-order valence-corrected chi connectivity index (χ0v) is 20.2. The molecule has 0 bridgehead atoms. The van der Waals surface area contributed by atoms with Crippen molar-refractivity contribution < 1.29 is 14.3 Å². The lowest BCUT2D eigenvalue weighted by Crippen LogP contribution is -2.44. The van der Waals surface area contributed by atoms with Crippen LogP contribution in [0.15, 0.2) is 89.1 Å². The minimum Gasteiger partial charge on any atom is -0.488 e. The van der Waals surface area contributed by atoms with Crippen molar-refractivity contribution in [3.8, 4) is 5.75 Å². The summed E-state index contributed by atoms with van der Waals surface area (Å²) in [5, 5.41) is 5.22. The van der Waals surface area contributed by atoms with E-state index in [0.717, 1.165) is 38.7 Å². The lowest BCUT2D eigenvalue weighted by Gasteiger charge is -2.14. The van der Waals surface area contributed by atoms with Crippen LogP contribution in [0.4, 0.5) is 0 Å². The molecule has 1 N–H and O–H groups in total. The van der Waals surface area contributed by atoms with E-state index >= 15 is 0 Å². The first-order valence-corrected chi connectivity index (χ1v) is 12.5. The van der Waals surface area contributed by atoms with Crippen LogP contribution in [0.5, 0.6) is 5.75 Å². The fraction of sp³-hybridized carbons (Fsp3) is 0.0385. The molecule has 1 aliphatic heterocycles. The van der Waals surface area contributed by atoms with Gasteiger partial charge in [0.05, 0.1) is 9.78 Å². The summed E-state index contributed by atoms with van der Waals surface area (Å²) >= 11 is 7.77. The number of fused-ring (bicyclic) bond motifs is 1. The van der Waals surface area contributed by atoms with Gasteiger partial charge in [0.1, 0.15) is 12.4 Å². The number of rotatable bonds is 6. The van der Waals surface area contributed by atoms with Crippen LogP contribution < -0.4 is 10.2 Å². The molecule has 1 fully saturated rings. The zero-order chi connectivity index (χ0) is 23.5. The van der Waals surface area contributed by atoms with Crippen molar-refractivity contribution in [1.82, 2.24) is 10.4 Å². The number of thiocarbonyl (C=S) groups is 1. The molecule has 168 valence electrons. The van der Waals surface area contributed by atoms with E-state index in [1.807, 2.05) is 48.5 Å². The fourth-order valence-corrected chi connectivity index (χ4v) is 5.36. The van der Waals surface area contributed by atoms with E-state index in [4.69, 9.17) is 17.0 Å². The average molecular weight is 503 g/mol. The van der Waals surface area contributed by atoms with Gasteiger partial charge in [0.2, 0.25) is 0 Å². The van der Waals surface area contributed by atoms with Gasteiger partial charge in [-0.05, 0) is 52.1 Å². The quantitative estimate of drug-likeness (QED) is 0.258. The van der Waals surface area contributed by atoms with E-state index in [2.05, 4.69) is 23.6 Å². The highest BCUT2D eigenvalue weighted by Crippen LogP contribution is 2.34. The molecule has 34 heavy (non-hydrogen) atoms. The molecule has 5 nitrogen and oxygen atoms in total. The van der Waals surface area contributed by atoms with Crippen LogP contribution >= 0.6 is 35.3 Å². The van der Waals surface area contributed by atoms with Crippen LogP contribution in [-0.4, -0.2) is 21.1 Å². The summed E-state index contributed by atoms with van der Waals surface area (Å²) in [4.78, 5) is 26.3. The highest BCUT2D eigenvalue weighted by Gasteiger charge is 2.34. The number of carbonyl (C=O) groups excluding carboxylic acids is 2. The largest absolute Gasteiger partial charge is 0.488 e. The predicted molar refractivity (Wildman–Crippen MR) is 142 cm³/mol. The molecule has 2 heterocycles. The molecule has 1 saturated heterocycles. The summed E-state index contributed by atoms with van der Waals surface area (Å²) in [5.74, 6) is -0.0848. The van der Waals surface area contributed by atoms with E-state index in [1.54, 1.807) is 23.6 Å². The van der Waals surface area contributed by atoms with Gasteiger partial charge in [-0.2, -0.15) is 5.01 Å². The Hall–Kier alpha value is -3.46. The van der Waals surface area contributed by atoms with Crippen molar-refractivity contribution in [3.63, 3.8) is 0 Å². The van der Waals surface area contributed by atoms with E-state index in [-0.39, 0.29) is 16.1 Å². The topological polar surface area (TPSA) is 58.6 Å². The molecule has 3 aromatic carbocycles. The van der Waals surface area contributed by atoms with Crippen LogP contribution in [0.3, 0.4) is 0 Å². The number of nitrogens with zero attached hydrogens (tertiary/aromatic N) is 1. The van der Waals surface area contributed by atoms with Crippen LogP contribution in [-0.2, 0) is 11.4 Å². The lowest BCUT2D eigenvalue weighted by molar-refractivity contribution is -0.123. The maximum Gasteiger partial charge on any atom is 0.285 e. The van der Waals surface area contributed by atoms with Crippen LogP contribution in [0.1, 0.15) is 20.8 Å². The summed E-state index contributed by atoms with van der Waals surface area (Å²) in [7, 11) is 0. The van der Waals surface area contributed by atoms with E-state index in [1.165, 1.54) is 11.3 Å². The number of hydrazine groups is 1. The smallest absolute Gasteiger partial charge is 0.285 e.